The lowest BCUT2D eigenvalue weighted by molar-refractivity contribution is -0.117. The van der Waals surface area contributed by atoms with Crippen LogP contribution in [-0.2, 0) is 9.59 Å². The second-order valence-corrected chi connectivity index (χ2v) is 5.15. The van der Waals surface area contributed by atoms with Gasteiger partial charge in [-0.15, -0.1) is 0 Å². The summed E-state index contributed by atoms with van der Waals surface area (Å²) in [6.45, 7) is 5.68. The Kier molecular flexibility index (Phi) is 3.36. The smallest absolute Gasteiger partial charge is 0.232 e. The third-order valence-electron chi connectivity index (χ3n) is 3.03. The predicted octanol–water partition coefficient (Wildman–Crippen LogP) is 2.73. The van der Waals surface area contributed by atoms with Crippen molar-refractivity contribution in [1.82, 2.24) is 0 Å². The van der Waals surface area contributed by atoms with Crippen molar-refractivity contribution in [2.45, 2.75) is 33.1 Å². The van der Waals surface area contributed by atoms with Gasteiger partial charge in [-0.3, -0.25) is 9.59 Å². The molecular weight excluding hydrogens is 228 g/mol. The first-order chi connectivity index (χ1) is 8.47. The van der Waals surface area contributed by atoms with Gasteiger partial charge in [-0.2, -0.15) is 0 Å². The Hall–Kier alpha value is -1.84. The fraction of sp³-hybridized carbons (Fsp3) is 0.429. The highest BCUT2D eigenvalue weighted by molar-refractivity contribution is 6.04. The van der Waals surface area contributed by atoms with E-state index in [-0.39, 0.29) is 17.7 Å². The zero-order chi connectivity index (χ0) is 13.3. The maximum Gasteiger partial charge on any atom is 0.232 e. The summed E-state index contributed by atoms with van der Waals surface area (Å²) >= 11 is 0. The van der Waals surface area contributed by atoms with Gasteiger partial charge in [0.05, 0.1) is 5.92 Å². The van der Waals surface area contributed by atoms with Crippen molar-refractivity contribution in [2.24, 2.45) is 5.92 Å². The van der Waals surface area contributed by atoms with Crippen molar-refractivity contribution in [3.05, 3.63) is 23.8 Å². The van der Waals surface area contributed by atoms with E-state index < -0.39 is 0 Å². The van der Waals surface area contributed by atoms with Crippen LogP contribution >= 0.6 is 0 Å². The molecule has 0 saturated carbocycles. The first kappa shape index (κ1) is 12.6. The minimum absolute atomic E-state index is 0.0543. The molecule has 0 aliphatic carbocycles. The number of fused-ring (bicyclic) bond motifs is 1. The van der Waals surface area contributed by atoms with E-state index in [9.17, 15) is 9.59 Å². The Labute approximate surface area is 107 Å². The predicted molar refractivity (Wildman–Crippen MR) is 71.6 cm³/mol. The van der Waals surface area contributed by atoms with Crippen molar-refractivity contribution in [3.63, 3.8) is 0 Å². The normalized spacial score (nSPS) is 17.6. The van der Waals surface area contributed by atoms with Gasteiger partial charge in [0, 0.05) is 18.3 Å². The number of rotatable bonds is 3. The minimum Gasteiger partial charge on any atom is -0.326 e. The van der Waals surface area contributed by atoms with Crippen LogP contribution in [0.1, 0.15) is 38.7 Å². The average Bonchev–Trinajstić information content (AvgIpc) is 2.53. The van der Waals surface area contributed by atoms with Crippen LogP contribution in [0.4, 0.5) is 11.4 Å². The number of benzene rings is 1. The summed E-state index contributed by atoms with van der Waals surface area (Å²) in [6, 6.07) is 5.58. The zero-order valence-electron chi connectivity index (χ0n) is 10.9. The largest absolute Gasteiger partial charge is 0.326 e. The number of amides is 2. The van der Waals surface area contributed by atoms with Crippen LogP contribution in [0.2, 0.25) is 0 Å². The Balaban J connectivity index is 2.26. The van der Waals surface area contributed by atoms with Crippen molar-refractivity contribution < 1.29 is 9.59 Å². The zero-order valence-corrected chi connectivity index (χ0v) is 10.9. The van der Waals surface area contributed by atoms with Gasteiger partial charge >= 0.3 is 0 Å². The number of carbonyl (C=O) groups excluding carboxylic acids is 2. The molecule has 2 rings (SSSR count). The monoisotopic (exact) mass is 246 g/mol. The highest BCUT2D eigenvalue weighted by atomic mass is 16.2. The minimum atomic E-state index is -0.113. The second-order valence-electron chi connectivity index (χ2n) is 5.15. The molecule has 0 fully saturated rings. The van der Waals surface area contributed by atoms with Crippen molar-refractivity contribution >= 4 is 23.2 Å². The highest BCUT2D eigenvalue weighted by Crippen LogP contribution is 2.37. The molecule has 1 unspecified atom stereocenters. The number of anilines is 2. The van der Waals surface area contributed by atoms with Gasteiger partial charge in [-0.05, 0) is 30.0 Å². The Morgan fingerprint density at radius 3 is 2.78 bits per heavy atom. The Morgan fingerprint density at radius 2 is 2.17 bits per heavy atom. The lowest BCUT2D eigenvalue weighted by Crippen LogP contribution is -2.13. The summed E-state index contributed by atoms with van der Waals surface area (Å²) in [4.78, 5) is 22.9. The van der Waals surface area contributed by atoms with Crippen molar-refractivity contribution in [2.75, 3.05) is 10.6 Å². The van der Waals surface area contributed by atoms with Crippen LogP contribution in [0.25, 0.3) is 0 Å². The maximum absolute atomic E-state index is 11.9. The molecule has 96 valence electrons. The molecule has 18 heavy (non-hydrogen) atoms. The summed E-state index contributed by atoms with van der Waals surface area (Å²) in [5, 5.41) is 5.59. The summed E-state index contributed by atoms with van der Waals surface area (Å²) < 4.78 is 0. The van der Waals surface area contributed by atoms with Crippen LogP contribution in [-0.4, -0.2) is 11.8 Å². The molecule has 1 aliphatic heterocycles. The van der Waals surface area contributed by atoms with Gasteiger partial charge in [-0.1, -0.05) is 19.9 Å². The van der Waals surface area contributed by atoms with Crippen LogP contribution in [0.15, 0.2) is 18.2 Å². The molecular formula is C14H18N2O2. The summed E-state index contributed by atoms with van der Waals surface area (Å²) in [6.07, 6.45) is 0.846. The molecule has 0 radical (unpaired) electrons. The lowest BCUT2D eigenvalue weighted by Gasteiger charge is -2.11. The SMILES string of the molecule is CC(=O)Nc1ccc2c(c1)NC(=O)C2CC(C)C. The molecule has 0 aromatic heterocycles. The summed E-state index contributed by atoms with van der Waals surface area (Å²) in [7, 11) is 0. The first-order valence-corrected chi connectivity index (χ1v) is 6.19. The number of nitrogens with one attached hydrogen (secondary N) is 2. The van der Waals surface area contributed by atoms with Gasteiger partial charge in [0.2, 0.25) is 11.8 Å². The van der Waals surface area contributed by atoms with E-state index in [1.54, 1.807) is 0 Å². The highest BCUT2D eigenvalue weighted by Gasteiger charge is 2.30. The molecule has 1 aliphatic rings. The van der Waals surface area contributed by atoms with Crippen LogP contribution in [0, 0.1) is 5.92 Å². The Morgan fingerprint density at radius 1 is 1.44 bits per heavy atom. The molecule has 1 aromatic carbocycles. The molecule has 0 spiro atoms. The van der Waals surface area contributed by atoms with Gasteiger partial charge in [0.1, 0.15) is 0 Å². The number of hydrogen-bond donors (Lipinski definition) is 2. The Bertz CT molecular complexity index is 495. The topological polar surface area (TPSA) is 58.2 Å². The van der Waals surface area contributed by atoms with Crippen molar-refractivity contribution in [3.8, 4) is 0 Å². The van der Waals surface area contributed by atoms with Gasteiger partial charge in [-0.25, -0.2) is 0 Å². The van der Waals surface area contributed by atoms with Crippen LogP contribution in [0.5, 0.6) is 0 Å². The standard InChI is InChI=1S/C14H18N2O2/c1-8(2)6-12-11-5-4-10(15-9(3)17)7-13(11)16-14(12)18/h4-5,7-8,12H,6H2,1-3H3,(H,15,17)(H,16,18). The lowest BCUT2D eigenvalue weighted by atomic mass is 9.91. The van der Waals surface area contributed by atoms with E-state index in [2.05, 4.69) is 24.5 Å². The first-order valence-electron chi connectivity index (χ1n) is 6.19. The average molecular weight is 246 g/mol. The molecule has 0 saturated heterocycles. The second kappa shape index (κ2) is 4.80. The van der Waals surface area contributed by atoms with Crippen molar-refractivity contribution in [1.29, 1.82) is 0 Å². The molecule has 1 atom stereocenters. The van der Waals surface area contributed by atoms with Crippen LogP contribution < -0.4 is 10.6 Å². The number of carbonyl (C=O) groups is 2. The molecule has 1 aromatic rings. The third-order valence-corrected chi connectivity index (χ3v) is 3.03. The van der Waals surface area contributed by atoms with Crippen LogP contribution in [0.3, 0.4) is 0 Å². The molecule has 0 bridgehead atoms. The molecule has 2 N–H and O–H groups in total. The van der Waals surface area contributed by atoms with E-state index in [1.165, 1.54) is 6.92 Å². The van der Waals surface area contributed by atoms with Gasteiger partial charge < -0.3 is 10.6 Å². The maximum atomic E-state index is 11.9. The molecule has 1 heterocycles. The van der Waals surface area contributed by atoms with E-state index in [0.29, 0.717) is 11.6 Å². The fourth-order valence-corrected chi connectivity index (χ4v) is 2.32. The van der Waals surface area contributed by atoms with E-state index in [1.807, 2.05) is 18.2 Å². The summed E-state index contributed by atoms with van der Waals surface area (Å²) in [5.41, 5.74) is 2.56. The fourth-order valence-electron chi connectivity index (χ4n) is 2.32. The molecule has 4 heteroatoms. The van der Waals surface area contributed by atoms with Gasteiger partial charge in [0.15, 0.2) is 0 Å². The van der Waals surface area contributed by atoms with E-state index in [0.717, 1.165) is 17.7 Å². The van der Waals surface area contributed by atoms with Gasteiger partial charge in [0.25, 0.3) is 0 Å². The van der Waals surface area contributed by atoms with E-state index in [4.69, 9.17) is 0 Å². The quantitative estimate of drug-likeness (QED) is 0.861. The molecule has 2 amide bonds. The summed E-state index contributed by atoms with van der Waals surface area (Å²) in [5.74, 6) is 0.352. The number of hydrogen-bond acceptors (Lipinski definition) is 2. The van der Waals surface area contributed by atoms with E-state index >= 15 is 0 Å². The third kappa shape index (κ3) is 2.53. The molecule has 4 nitrogen and oxygen atoms in total.